The van der Waals surface area contributed by atoms with Gasteiger partial charge in [-0.3, -0.25) is 9.59 Å². The van der Waals surface area contributed by atoms with Crippen molar-refractivity contribution in [3.05, 3.63) is 64.0 Å². The maximum Gasteiger partial charge on any atom is 0.325 e. The molecule has 1 aromatic heterocycles. The first kappa shape index (κ1) is 22.9. The Kier molecular flexibility index (Phi) is 7.07. The zero-order chi connectivity index (χ0) is 22.6. The van der Waals surface area contributed by atoms with E-state index in [1.165, 1.54) is 18.4 Å². The number of nitrogens with zero attached hydrogens (tertiary/aromatic N) is 2. The molecule has 0 aliphatic rings. The summed E-state index contributed by atoms with van der Waals surface area (Å²) < 4.78 is 32.1. The minimum absolute atomic E-state index is 0.0855. The Balaban J connectivity index is 1.87. The molecule has 1 amide bonds. The number of thiazole rings is 1. The molecule has 0 radical (unpaired) electrons. The second-order valence-corrected chi connectivity index (χ2v) is 10.5. The van der Waals surface area contributed by atoms with Crippen LogP contribution in [-0.2, 0) is 36.5 Å². The van der Waals surface area contributed by atoms with Gasteiger partial charge in [0.1, 0.15) is 6.54 Å². The summed E-state index contributed by atoms with van der Waals surface area (Å²) >= 11 is 1.29. The van der Waals surface area contributed by atoms with Gasteiger partial charge in [0.15, 0.2) is 14.6 Å². The molecule has 1 heterocycles. The Hall–Kier alpha value is -2.78. The molecule has 0 unspecified atom stereocenters. The third-order valence-electron chi connectivity index (χ3n) is 4.71. The van der Waals surface area contributed by atoms with E-state index in [1.807, 2.05) is 32.0 Å². The molecule has 0 N–H and O–H groups in total. The number of aromatic nitrogens is 1. The van der Waals surface area contributed by atoms with E-state index in [2.05, 4.69) is 4.99 Å². The molecule has 0 aliphatic heterocycles. The van der Waals surface area contributed by atoms with Crippen LogP contribution < -0.4 is 4.80 Å². The summed E-state index contributed by atoms with van der Waals surface area (Å²) in [4.78, 5) is 28.9. The lowest BCUT2D eigenvalue weighted by Crippen LogP contribution is -2.23. The van der Waals surface area contributed by atoms with E-state index in [1.54, 1.807) is 28.8 Å². The molecule has 0 saturated carbocycles. The third kappa shape index (κ3) is 5.89. The van der Waals surface area contributed by atoms with Gasteiger partial charge in [0.2, 0.25) is 5.91 Å². The second-order valence-electron chi connectivity index (χ2n) is 7.31. The molecule has 0 spiro atoms. The molecule has 0 saturated heterocycles. The first-order valence-electron chi connectivity index (χ1n) is 9.68. The van der Waals surface area contributed by atoms with Crippen LogP contribution >= 0.6 is 11.3 Å². The van der Waals surface area contributed by atoms with Gasteiger partial charge in [-0.25, -0.2) is 8.42 Å². The fraction of sp³-hybridized carbons (Fsp3) is 0.318. The largest absolute Gasteiger partial charge is 0.468 e. The van der Waals surface area contributed by atoms with Gasteiger partial charge in [0.25, 0.3) is 0 Å². The Morgan fingerprint density at radius 3 is 2.52 bits per heavy atom. The molecule has 0 atom stereocenters. The highest BCUT2D eigenvalue weighted by Crippen LogP contribution is 2.23. The van der Waals surface area contributed by atoms with E-state index >= 15 is 0 Å². The summed E-state index contributed by atoms with van der Waals surface area (Å²) in [6, 6.07) is 12.8. The SMILES string of the molecule is COC(=O)Cn1c(=NC(=O)CCS(=O)(=O)Cc2ccccc2)sc2c(C)cc(C)cc21. The molecule has 7 nitrogen and oxygen atoms in total. The summed E-state index contributed by atoms with van der Waals surface area (Å²) in [6.07, 6.45) is -0.223. The minimum Gasteiger partial charge on any atom is -0.468 e. The van der Waals surface area contributed by atoms with Crippen molar-refractivity contribution in [1.82, 2.24) is 4.57 Å². The smallest absolute Gasteiger partial charge is 0.325 e. The molecule has 31 heavy (non-hydrogen) atoms. The highest BCUT2D eigenvalue weighted by molar-refractivity contribution is 7.90. The number of rotatable bonds is 7. The molecule has 2 aromatic carbocycles. The molecule has 9 heteroatoms. The number of aryl methyl sites for hydroxylation is 2. The van der Waals surface area contributed by atoms with Crippen molar-refractivity contribution in [2.75, 3.05) is 12.9 Å². The highest BCUT2D eigenvalue weighted by atomic mass is 32.2. The van der Waals surface area contributed by atoms with Gasteiger partial charge in [0, 0.05) is 6.42 Å². The monoisotopic (exact) mass is 460 g/mol. The maximum absolute atomic E-state index is 12.5. The maximum atomic E-state index is 12.5. The number of hydrogen-bond donors (Lipinski definition) is 0. The van der Waals surface area contributed by atoms with Gasteiger partial charge in [-0.05, 0) is 36.6 Å². The summed E-state index contributed by atoms with van der Waals surface area (Å²) in [7, 11) is -2.15. The quantitative estimate of drug-likeness (QED) is 0.505. The van der Waals surface area contributed by atoms with Gasteiger partial charge in [-0.15, -0.1) is 0 Å². The number of amides is 1. The Bertz CT molecular complexity index is 1290. The normalized spacial score (nSPS) is 12.3. The van der Waals surface area contributed by atoms with Crippen LogP contribution in [-0.4, -0.2) is 37.7 Å². The van der Waals surface area contributed by atoms with Gasteiger partial charge >= 0.3 is 5.97 Å². The van der Waals surface area contributed by atoms with Gasteiger partial charge in [0.05, 0.1) is 28.8 Å². The van der Waals surface area contributed by atoms with E-state index in [4.69, 9.17) is 4.74 Å². The molecule has 0 fully saturated rings. The van der Waals surface area contributed by atoms with Crippen LogP contribution in [0.5, 0.6) is 0 Å². The number of benzene rings is 2. The van der Waals surface area contributed by atoms with Crippen LogP contribution in [0.4, 0.5) is 0 Å². The first-order valence-corrected chi connectivity index (χ1v) is 12.3. The van der Waals surface area contributed by atoms with E-state index in [0.29, 0.717) is 10.4 Å². The van der Waals surface area contributed by atoms with Gasteiger partial charge in [-0.1, -0.05) is 47.7 Å². The lowest BCUT2D eigenvalue weighted by Gasteiger charge is -2.05. The Labute approximate surface area is 184 Å². The van der Waals surface area contributed by atoms with Crippen molar-refractivity contribution in [3.8, 4) is 0 Å². The molecule has 0 aliphatic carbocycles. The van der Waals surface area contributed by atoms with Crippen LogP contribution in [0.1, 0.15) is 23.1 Å². The predicted molar refractivity (Wildman–Crippen MR) is 120 cm³/mol. The number of sulfone groups is 1. The van der Waals surface area contributed by atoms with Crippen molar-refractivity contribution in [1.29, 1.82) is 0 Å². The van der Waals surface area contributed by atoms with E-state index in [0.717, 1.165) is 21.3 Å². The fourth-order valence-electron chi connectivity index (χ4n) is 3.25. The number of esters is 1. The summed E-state index contributed by atoms with van der Waals surface area (Å²) in [5.41, 5.74) is 3.50. The lowest BCUT2D eigenvalue weighted by atomic mass is 10.1. The first-order chi connectivity index (χ1) is 14.7. The third-order valence-corrected chi connectivity index (χ3v) is 7.53. The van der Waals surface area contributed by atoms with Crippen molar-refractivity contribution < 1.29 is 22.7 Å². The zero-order valence-electron chi connectivity index (χ0n) is 17.6. The number of methoxy groups -OCH3 is 1. The van der Waals surface area contributed by atoms with E-state index in [-0.39, 0.29) is 24.5 Å². The molecule has 164 valence electrons. The number of fused-ring (bicyclic) bond motifs is 1. The summed E-state index contributed by atoms with van der Waals surface area (Å²) in [6.45, 7) is 3.82. The standard InChI is InChI=1S/C22H24N2O5S2/c1-15-11-16(2)21-18(12-15)24(13-20(26)29-3)22(30-21)23-19(25)9-10-31(27,28)14-17-7-5-4-6-8-17/h4-8,11-12H,9-10,13-14H2,1-3H3. The highest BCUT2D eigenvalue weighted by Gasteiger charge is 2.16. The predicted octanol–water partition coefficient (Wildman–Crippen LogP) is 2.93. The van der Waals surface area contributed by atoms with Crippen LogP contribution in [0.2, 0.25) is 0 Å². The topological polar surface area (TPSA) is 94.8 Å². The van der Waals surface area contributed by atoms with E-state index in [9.17, 15) is 18.0 Å². The van der Waals surface area contributed by atoms with Crippen molar-refractivity contribution in [3.63, 3.8) is 0 Å². The molecule has 3 aromatic rings. The van der Waals surface area contributed by atoms with Crippen molar-refractivity contribution in [2.45, 2.75) is 32.6 Å². The van der Waals surface area contributed by atoms with Crippen molar-refractivity contribution in [2.24, 2.45) is 4.99 Å². The molecule has 0 bridgehead atoms. The average molecular weight is 461 g/mol. The van der Waals surface area contributed by atoms with Gasteiger partial charge in [-0.2, -0.15) is 4.99 Å². The van der Waals surface area contributed by atoms with Gasteiger partial charge < -0.3 is 9.30 Å². The van der Waals surface area contributed by atoms with Crippen LogP contribution in [0.3, 0.4) is 0 Å². The van der Waals surface area contributed by atoms with Crippen LogP contribution in [0.25, 0.3) is 10.2 Å². The van der Waals surface area contributed by atoms with Crippen LogP contribution in [0.15, 0.2) is 47.5 Å². The molecular formula is C22H24N2O5S2. The molecule has 3 rings (SSSR count). The minimum atomic E-state index is -3.45. The fourth-order valence-corrected chi connectivity index (χ4v) is 5.68. The lowest BCUT2D eigenvalue weighted by molar-refractivity contribution is -0.141. The number of carbonyl (C=O) groups excluding carboxylic acids is 2. The second kappa shape index (κ2) is 9.57. The van der Waals surface area contributed by atoms with Crippen LogP contribution in [0, 0.1) is 13.8 Å². The average Bonchev–Trinajstić information content (AvgIpc) is 3.04. The Morgan fingerprint density at radius 1 is 1.13 bits per heavy atom. The van der Waals surface area contributed by atoms with Crippen molar-refractivity contribution >= 4 is 43.3 Å². The number of ether oxygens (including phenoxy) is 1. The summed E-state index contributed by atoms with van der Waals surface area (Å²) in [5, 5.41) is 0. The van der Waals surface area contributed by atoms with E-state index < -0.39 is 21.7 Å². The number of hydrogen-bond acceptors (Lipinski definition) is 6. The summed E-state index contributed by atoms with van der Waals surface area (Å²) in [5.74, 6) is -1.41. The Morgan fingerprint density at radius 2 is 1.84 bits per heavy atom. The number of carbonyl (C=O) groups is 2. The molecular weight excluding hydrogens is 436 g/mol. The zero-order valence-corrected chi connectivity index (χ0v) is 19.3.